The average molecular weight is 244 g/mol. The molecule has 0 amide bonds. The Kier molecular flexibility index (Phi) is 2.88. The number of hydrogen-bond donors (Lipinski definition) is 2. The van der Waals surface area contributed by atoms with Gasteiger partial charge in [-0.15, -0.1) is 0 Å². The minimum atomic E-state index is 0.174. The summed E-state index contributed by atoms with van der Waals surface area (Å²) in [4.78, 5) is 3.36. The molecule has 1 aliphatic heterocycles. The van der Waals surface area contributed by atoms with Gasteiger partial charge in [-0.3, -0.25) is 0 Å². The van der Waals surface area contributed by atoms with Crippen molar-refractivity contribution in [1.29, 1.82) is 0 Å². The maximum absolute atomic E-state index is 5.90. The van der Waals surface area contributed by atoms with Gasteiger partial charge in [0.15, 0.2) is 0 Å². The van der Waals surface area contributed by atoms with Gasteiger partial charge in [0.2, 0.25) is 0 Å². The lowest BCUT2D eigenvalue weighted by Crippen LogP contribution is -2.47. The second kappa shape index (κ2) is 4.41. The predicted molar refractivity (Wildman–Crippen MR) is 73.7 cm³/mol. The largest absolute Gasteiger partial charge is 0.379 e. The number of aromatic nitrogens is 1. The van der Waals surface area contributed by atoms with E-state index in [9.17, 15) is 0 Å². The van der Waals surface area contributed by atoms with Gasteiger partial charge in [0.05, 0.1) is 13.2 Å². The number of aromatic amines is 1. The summed E-state index contributed by atoms with van der Waals surface area (Å²) in [6.45, 7) is 3.71. The molecule has 1 aliphatic rings. The highest BCUT2D eigenvalue weighted by Crippen LogP contribution is 2.40. The molecule has 0 bridgehead atoms. The van der Waals surface area contributed by atoms with E-state index in [0.717, 1.165) is 26.1 Å². The number of hydrogen-bond acceptors (Lipinski definition) is 2. The highest BCUT2D eigenvalue weighted by Gasteiger charge is 2.41. The maximum atomic E-state index is 5.90. The molecule has 3 N–H and O–H groups in total. The predicted octanol–water partition coefficient (Wildman–Crippen LogP) is 2.56. The van der Waals surface area contributed by atoms with Crippen molar-refractivity contribution in [2.24, 2.45) is 5.73 Å². The second-order valence-corrected chi connectivity index (χ2v) is 5.54. The van der Waals surface area contributed by atoms with Crippen molar-refractivity contribution in [3.8, 4) is 0 Å². The van der Waals surface area contributed by atoms with Crippen LogP contribution in [0.5, 0.6) is 0 Å². The molecule has 18 heavy (non-hydrogen) atoms. The van der Waals surface area contributed by atoms with E-state index in [1.165, 1.54) is 16.5 Å². The van der Waals surface area contributed by atoms with Gasteiger partial charge < -0.3 is 15.5 Å². The number of benzene rings is 1. The first-order valence-corrected chi connectivity index (χ1v) is 6.61. The zero-order valence-electron chi connectivity index (χ0n) is 10.8. The van der Waals surface area contributed by atoms with Crippen molar-refractivity contribution in [2.45, 2.75) is 31.2 Å². The van der Waals surface area contributed by atoms with Gasteiger partial charge in [-0.05, 0) is 31.4 Å². The van der Waals surface area contributed by atoms with Gasteiger partial charge >= 0.3 is 0 Å². The van der Waals surface area contributed by atoms with Crippen LogP contribution in [0.25, 0.3) is 10.9 Å². The van der Waals surface area contributed by atoms with Crippen molar-refractivity contribution < 1.29 is 4.74 Å². The number of ether oxygens (including phenoxy) is 1. The standard InChI is InChI=1S/C15H20N2O/c1-11(16)6-7-15(9-18-10-15)13-8-17-14-5-3-2-4-12(13)14/h2-5,8,11,17H,6-7,9-10,16H2,1H3. The molecule has 1 unspecified atom stereocenters. The summed E-state index contributed by atoms with van der Waals surface area (Å²) in [5.41, 5.74) is 8.67. The Morgan fingerprint density at radius 1 is 1.39 bits per heavy atom. The van der Waals surface area contributed by atoms with Crippen LogP contribution < -0.4 is 5.73 Å². The lowest BCUT2D eigenvalue weighted by molar-refractivity contribution is -0.0649. The molecule has 1 saturated heterocycles. The fourth-order valence-corrected chi connectivity index (χ4v) is 2.80. The topological polar surface area (TPSA) is 51.0 Å². The van der Waals surface area contributed by atoms with Crippen molar-refractivity contribution >= 4 is 10.9 Å². The third-order valence-corrected chi connectivity index (χ3v) is 4.00. The molecule has 0 radical (unpaired) electrons. The third kappa shape index (κ3) is 1.84. The molecule has 0 aliphatic carbocycles. The SMILES string of the molecule is CC(N)CCC1(c2c[nH]c3ccccc23)COC1. The van der Waals surface area contributed by atoms with Crippen LogP contribution in [-0.4, -0.2) is 24.2 Å². The lowest BCUT2D eigenvalue weighted by Gasteiger charge is -2.42. The van der Waals surface area contributed by atoms with Crippen LogP contribution >= 0.6 is 0 Å². The van der Waals surface area contributed by atoms with Crippen LogP contribution in [0.1, 0.15) is 25.3 Å². The lowest BCUT2D eigenvalue weighted by atomic mass is 9.74. The van der Waals surface area contributed by atoms with E-state index in [2.05, 4.69) is 42.4 Å². The van der Waals surface area contributed by atoms with Gasteiger partial charge in [-0.25, -0.2) is 0 Å². The van der Waals surface area contributed by atoms with Crippen LogP contribution in [0.3, 0.4) is 0 Å². The number of H-pyrrole nitrogens is 1. The molecule has 96 valence electrons. The van der Waals surface area contributed by atoms with Gasteiger partial charge in [0.1, 0.15) is 0 Å². The molecule has 0 saturated carbocycles. The number of nitrogens with two attached hydrogens (primary N) is 1. The number of fused-ring (bicyclic) bond motifs is 1. The first-order chi connectivity index (χ1) is 8.71. The Morgan fingerprint density at radius 2 is 2.17 bits per heavy atom. The summed E-state index contributed by atoms with van der Waals surface area (Å²) in [6.07, 6.45) is 4.30. The summed E-state index contributed by atoms with van der Waals surface area (Å²) in [5, 5.41) is 1.32. The van der Waals surface area contributed by atoms with Crippen molar-refractivity contribution in [3.63, 3.8) is 0 Å². The normalized spacial score (nSPS) is 19.7. The summed E-state index contributed by atoms with van der Waals surface area (Å²) in [5.74, 6) is 0. The zero-order valence-corrected chi connectivity index (χ0v) is 10.8. The molecular formula is C15H20N2O. The smallest absolute Gasteiger partial charge is 0.0586 e. The third-order valence-electron chi connectivity index (χ3n) is 4.00. The quantitative estimate of drug-likeness (QED) is 0.868. The molecule has 0 spiro atoms. The Balaban J connectivity index is 1.96. The monoisotopic (exact) mass is 244 g/mol. The minimum absolute atomic E-state index is 0.174. The van der Waals surface area contributed by atoms with E-state index in [-0.39, 0.29) is 11.5 Å². The van der Waals surface area contributed by atoms with Crippen LogP contribution in [0.2, 0.25) is 0 Å². The zero-order chi connectivity index (χ0) is 12.6. The van der Waals surface area contributed by atoms with Crippen LogP contribution in [0.15, 0.2) is 30.5 Å². The van der Waals surface area contributed by atoms with E-state index >= 15 is 0 Å². The number of nitrogens with one attached hydrogen (secondary N) is 1. The molecule has 1 aromatic carbocycles. The second-order valence-electron chi connectivity index (χ2n) is 5.54. The highest BCUT2D eigenvalue weighted by molar-refractivity contribution is 5.84. The van der Waals surface area contributed by atoms with E-state index in [0.29, 0.717) is 0 Å². The van der Waals surface area contributed by atoms with Crippen LogP contribution in [0.4, 0.5) is 0 Å². The fourth-order valence-electron chi connectivity index (χ4n) is 2.80. The maximum Gasteiger partial charge on any atom is 0.0586 e. The summed E-state index contributed by atoms with van der Waals surface area (Å²) >= 11 is 0. The van der Waals surface area contributed by atoms with Gasteiger partial charge in [-0.1, -0.05) is 18.2 Å². The summed E-state index contributed by atoms with van der Waals surface area (Å²) in [7, 11) is 0. The van der Waals surface area contributed by atoms with Crippen LogP contribution in [0, 0.1) is 0 Å². The van der Waals surface area contributed by atoms with Gasteiger partial charge in [-0.2, -0.15) is 0 Å². The summed E-state index contributed by atoms with van der Waals surface area (Å²) < 4.78 is 5.49. The molecule has 3 nitrogen and oxygen atoms in total. The molecule has 2 heterocycles. The molecule has 1 atom stereocenters. The molecule has 1 fully saturated rings. The van der Waals surface area contributed by atoms with Crippen LogP contribution in [-0.2, 0) is 10.2 Å². The van der Waals surface area contributed by atoms with Crippen molar-refractivity contribution in [3.05, 3.63) is 36.0 Å². The summed E-state index contributed by atoms with van der Waals surface area (Å²) in [6, 6.07) is 8.73. The average Bonchev–Trinajstić information content (AvgIpc) is 2.72. The Morgan fingerprint density at radius 3 is 2.83 bits per heavy atom. The highest BCUT2D eigenvalue weighted by atomic mass is 16.5. The number of rotatable bonds is 4. The van der Waals surface area contributed by atoms with E-state index < -0.39 is 0 Å². The first-order valence-electron chi connectivity index (χ1n) is 6.61. The molecule has 2 aromatic rings. The Hall–Kier alpha value is -1.32. The van der Waals surface area contributed by atoms with Crippen molar-refractivity contribution in [2.75, 3.05) is 13.2 Å². The first kappa shape index (κ1) is 11.8. The number of para-hydroxylation sites is 1. The fraction of sp³-hybridized carbons (Fsp3) is 0.467. The molecule has 3 rings (SSSR count). The van der Waals surface area contributed by atoms with E-state index in [1.807, 2.05) is 0 Å². The van der Waals surface area contributed by atoms with Crippen molar-refractivity contribution in [1.82, 2.24) is 4.98 Å². The molecule has 3 heteroatoms. The van der Waals surface area contributed by atoms with Gasteiger partial charge in [0, 0.05) is 28.6 Å². The molecule has 1 aromatic heterocycles. The van der Waals surface area contributed by atoms with Gasteiger partial charge in [0.25, 0.3) is 0 Å². The molecular weight excluding hydrogens is 224 g/mol. The Labute approximate surface area is 107 Å². The van der Waals surface area contributed by atoms with E-state index in [1.54, 1.807) is 0 Å². The van der Waals surface area contributed by atoms with E-state index in [4.69, 9.17) is 10.5 Å². The Bertz CT molecular complexity index is 540. The minimum Gasteiger partial charge on any atom is -0.379 e.